The molecule has 1 amide bonds. The molecule has 0 atom stereocenters. The predicted molar refractivity (Wildman–Crippen MR) is 79.7 cm³/mol. The van der Waals surface area contributed by atoms with Crippen LogP contribution in [0.5, 0.6) is 0 Å². The summed E-state index contributed by atoms with van der Waals surface area (Å²) in [4.78, 5) is 17.5. The van der Waals surface area contributed by atoms with E-state index in [-0.39, 0.29) is 5.91 Å². The van der Waals surface area contributed by atoms with Gasteiger partial charge >= 0.3 is 0 Å². The van der Waals surface area contributed by atoms with Gasteiger partial charge in [0.2, 0.25) is 5.91 Å². The highest BCUT2D eigenvalue weighted by Crippen LogP contribution is 2.19. The number of aryl methyl sites for hydroxylation is 4. The Hall–Kier alpha value is -1.68. The zero-order valence-electron chi connectivity index (χ0n) is 11.5. The lowest BCUT2D eigenvalue weighted by Gasteiger charge is -2.05. The Morgan fingerprint density at radius 2 is 2.11 bits per heavy atom. The van der Waals surface area contributed by atoms with Crippen LogP contribution in [-0.2, 0) is 11.2 Å². The van der Waals surface area contributed by atoms with E-state index in [0.29, 0.717) is 6.42 Å². The summed E-state index contributed by atoms with van der Waals surface area (Å²) < 4.78 is 0. The molecule has 100 valence electrons. The fourth-order valence-corrected chi connectivity index (χ4v) is 2.92. The number of nitrogens with one attached hydrogen (secondary N) is 1. The van der Waals surface area contributed by atoms with Crippen molar-refractivity contribution < 1.29 is 4.79 Å². The van der Waals surface area contributed by atoms with Crippen molar-refractivity contribution >= 4 is 22.9 Å². The van der Waals surface area contributed by atoms with Gasteiger partial charge in [-0.25, -0.2) is 4.98 Å². The van der Waals surface area contributed by atoms with Gasteiger partial charge in [-0.15, -0.1) is 11.3 Å². The number of rotatable bonds is 4. The molecule has 2 rings (SSSR count). The molecule has 2 aromatic rings. The molecular weight excluding hydrogens is 256 g/mol. The fourth-order valence-electron chi connectivity index (χ4n) is 1.98. The lowest BCUT2D eigenvalue weighted by Crippen LogP contribution is -2.12. The standard InChI is InChI=1S/C15H18N2OS/c1-10-5-4-6-13(9-10)17-15(18)8-7-14-11(2)16-12(3)19-14/h4-6,9H,7-8H2,1-3H3,(H,17,18). The van der Waals surface area contributed by atoms with Crippen LogP contribution in [0.4, 0.5) is 5.69 Å². The van der Waals surface area contributed by atoms with Gasteiger partial charge in [-0.2, -0.15) is 0 Å². The maximum absolute atomic E-state index is 11.9. The fraction of sp³-hybridized carbons (Fsp3) is 0.333. The highest BCUT2D eigenvalue weighted by atomic mass is 32.1. The second kappa shape index (κ2) is 5.97. The number of carbonyl (C=O) groups is 1. The lowest BCUT2D eigenvalue weighted by molar-refractivity contribution is -0.116. The SMILES string of the molecule is Cc1cccc(NC(=O)CCc2sc(C)nc2C)c1. The van der Waals surface area contributed by atoms with Crippen LogP contribution in [0, 0.1) is 20.8 Å². The molecule has 0 aliphatic rings. The zero-order valence-corrected chi connectivity index (χ0v) is 12.3. The van der Waals surface area contributed by atoms with Crippen LogP contribution in [-0.4, -0.2) is 10.9 Å². The first-order valence-corrected chi connectivity index (χ1v) is 7.15. The third-order valence-corrected chi connectivity index (χ3v) is 4.01. The van der Waals surface area contributed by atoms with Crippen molar-refractivity contribution in [2.45, 2.75) is 33.6 Å². The first-order chi connectivity index (χ1) is 9.04. The van der Waals surface area contributed by atoms with Crippen LogP contribution in [0.2, 0.25) is 0 Å². The summed E-state index contributed by atoms with van der Waals surface area (Å²) in [5.74, 6) is 0.0519. The minimum atomic E-state index is 0.0519. The Morgan fingerprint density at radius 1 is 1.32 bits per heavy atom. The number of aromatic nitrogens is 1. The number of hydrogen-bond donors (Lipinski definition) is 1. The average molecular weight is 274 g/mol. The number of carbonyl (C=O) groups excluding carboxylic acids is 1. The summed E-state index contributed by atoms with van der Waals surface area (Å²) in [6.45, 7) is 6.00. The molecule has 3 nitrogen and oxygen atoms in total. The van der Waals surface area contributed by atoms with Crippen LogP contribution in [0.15, 0.2) is 24.3 Å². The minimum Gasteiger partial charge on any atom is -0.326 e. The van der Waals surface area contributed by atoms with Crippen LogP contribution in [0.3, 0.4) is 0 Å². The van der Waals surface area contributed by atoms with Crippen LogP contribution >= 0.6 is 11.3 Å². The summed E-state index contributed by atoms with van der Waals surface area (Å²) in [6.07, 6.45) is 1.26. The molecule has 4 heteroatoms. The van der Waals surface area contributed by atoms with Crippen LogP contribution in [0.1, 0.15) is 27.6 Å². The molecular formula is C15H18N2OS. The monoisotopic (exact) mass is 274 g/mol. The maximum atomic E-state index is 11.9. The molecule has 0 unspecified atom stereocenters. The summed E-state index contributed by atoms with van der Waals surface area (Å²) >= 11 is 1.67. The highest BCUT2D eigenvalue weighted by molar-refractivity contribution is 7.11. The van der Waals surface area contributed by atoms with Gasteiger partial charge in [0.05, 0.1) is 10.7 Å². The Kier molecular flexibility index (Phi) is 4.32. The largest absolute Gasteiger partial charge is 0.326 e. The molecule has 1 heterocycles. The van der Waals surface area contributed by atoms with Gasteiger partial charge in [0.15, 0.2) is 0 Å². The minimum absolute atomic E-state index is 0.0519. The van der Waals surface area contributed by atoms with Crippen LogP contribution in [0.25, 0.3) is 0 Å². The number of thiazole rings is 1. The van der Waals surface area contributed by atoms with E-state index in [1.165, 1.54) is 4.88 Å². The van der Waals surface area contributed by atoms with Crippen LogP contribution < -0.4 is 5.32 Å². The van der Waals surface area contributed by atoms with Gasteiger partial charge in [-0.05, 0) is 44.9 Å². The second-order valence-corrected chi connectivity index (χ2v) is 5.95. The van der Waals surface area contributed by atoms with Gasteiger partial charge < -0.3 is 5.32 Å². The smallest absolute Gasteiger partial charge is 0.224 e. The average Bonchev–Trinajstić information content (AvgIpc) is 2.65. The van der Waals surface area contributed by atoms with Crippen molar-refractivity contribution in [2.24, 2.45) is 0 Å². The van der Waals surface area contributed by atoms with E-state index in [9.17, 15) is 4.79 Å². The summed E-state index contributed by atoms with van der Waals surface area (Å²) in [5.41, 5.74) is 3.06. The van der Waals surface area contributed by atoms with E-state index in [4.69, 9.17) is 0 Å². The normalized spacial score (nSPS) is 10.5. The van der Waals surface area contributed by atoms with E-state index in [1.807, 2.05) is 45.0 Å². The maximum Gasteiger partial charge on any atom is 0.224 e. The number of hydrogen-bond acceptors (Lipinski definition) is 3. The number of nitrogens with zero attached hydrogens (tertiary/aromatic N) is 1. The van der Waals surface area contributed by atoms with Crippen molar-refractivity contribution in [3.63, 3.8) is 0 Å². The molecule has 1 N–H and O–H groups in total. The number of amides is 1. The van der Waals surface area contributed by atoms with Crippen molar-refractivity contribution in [3.8, 4) is 0 Å². The van der Waals surface area contributed by atoms with Gasteiger partial charge in [-0.1, -0.05) is 12.1 Å². The lowest BCUT2D eigenvalue weighted by atomic mass is 10.2. The van der Waals surface area contributed by atoms with Gasteiger partial charge in [0.25, 0.3) is 0 Å². The molecule has 1 aromatic carbocycles. The Balaban J connectivity index is 1.90. The van der Waals surface area contributed by atoms with E-state index >= 15 is 0 Å². The molecule has 0 aliphatic heterocycles. The van der Waals surface area contributed by atoms with E-state index in [0.717, 1.165) is 28.4 Å². The van der Waals surface area contributed by atoms with Crippen molar-refractivity contribution in [3.05, 3.63) is 45.4 Å². The molecule has 19 heavy (non-hydrogen) atoms. The summed E-state index contributed by atoms with van der Waals surface area (Å²) in [5, 5.41) is 3.99. The molecule has 0 spiro atoms. The van der Waals surface area contributed by atoms with Gasteiger partial charge in [-0.3, -0.25) is 4.79 Å². The van der Waals surface area contributed by atoms with Crippen molar-refractivity contribution in [1.82, 2.24) is 4.98 Å². The third-order valence-electron chi connectivity index (χ3n) is 2.88. The second-order valence-electron chi connectivity index (χ2n) is 4.66. The molecule has 0 aliphatic carbocycles. The highest BCUT2D eigenvalue weighted by Gasteiger charge is 2.08. The molecule has 0 saturated carbocycles. The summed E-state index contributed by atoms with van der Waals surface area (Å²) in [6, 6.07) is 7.84. The number of benzene rings is 1. The van der Waals surface area contributed by atoms with Crippen molar-refractivity contribution in [1.29, 1.82) is 0 Å². The predicted octanol–water partition coefficient (Wildman–Crippen LogP) is 3.64. The van der Waals surface area contributed by atoms with E-state index < -0.39 is 0 Å². The van der Waals surface area contributed by atoms with E-state index in [1.54, 1.807) is 11.3 Å². The quantitative estimate of drug-likeness (QED) is 0.925. The topological polar surface area (TPSA) is 42.0 Å². The first kappa shape index (κ1) is 13.7. The Labute approximate surface area is 117 Å². The zero-order chi connectivity index (χ0) is 13.8. The third kappa shape index (κ3) is 3.89. The Bertz CT molecular complexity index is 590. The first-order valence-electron chi connectivity index (χ1n) is 6.34. The van der Waals surface area contributed by atoms with Gasteiger partial charge in [0.1, 0.15) is 0 Å². The molecule has 0 radical (unpaired) electrons. The number of anilines is 1. The van der Waals surface area contributed by atoms with E-state index in [2.05, 4.69) is 10.3 Å². The van der Waals surface area contributed by atoms with Crippen molar-refractivity contribution in [2.75, 3.05) is 5.32 Å². The Morgan fingerprint density at radius 3 is 2.74 bits per heavy atom. The van der Waals surface area contributed by atoms with Gasteiger partial charge in [0, 0.05) is 17.0 Å². The molecule has 1 aromatic heterocycles. The molecule has 0 saturated heterocycles. The molecule has 0 fully saturated rings. The molecule has 0 bridgehead atoms. The summed E-state index contributed by atoms with van der Waals surface area (Å²) in [7, 11) is 0.